The van der Waals surface area contributed by atoms with E-state index in [0.717, 1.165) is 46.5 Å². The summed E-state index contributed by atoms with van der Waals surface area (Å²) in [6.45, 7) is 2.00. The van der Waals surface area contributed by atoms with Crippen LogP contribution in [0.2, 0.25) is 0 Å². The summed E-state index contributed by atoms with van der Waals surface area (Å²) in [6, 6.07) is 9.94. The van der Waals surface area contributed by atoms with E-state index in [4.69, 9.17) is 4.42 Å². The zero-order chi connectivity index (χ0) is 22.2. The van der Waals surface area contributed by atoms with Crippen LogP contribution in [0.25, 0.3) is 28.1 Å². The Hall–Kier alpha value is -3.75. The molecule has 162 valence electrons. The van der Waals surface area contributed by atoms with Crippen molar-refractivity contribution >= 4 is 22.8 Å². The van der Waals surface area contributed by atoms with E-state index in [1.807, 2.05) is 26.3 Å². The molecule has 1 unspecified atom stereocenters. The lowest BCUT2D eigenvalue weighted by molar-refractivity contribution is 0.116. The summed E-state index contributed by atoms with van der Waals surface area (Å²) in [4.78, 5) is 13.6. The number of hydrogen-bond acceptors (Lipinski definition) is 6. The number of aromatic nitrogens is 5. The monoisotopic (exact) mass is 434 g/mol. The molecule has 4 aromatic rings. The lowest BCUT2D eigenvalue weighted by Crippen LogP contribution is -2.01. The summed E-state index contributed by atoms with van der Waals surface area (Å²) in [7, 11) is 2.01. The van der Waals surface area contributed by atoms with Crippen LogP contribution in [-0.2, 0) is 13.5 Å². The van der Waals surface area contributed by atoms with Crippen molar-refractivity contribution in [3.05, 3.63) is 65.6 Å². The molecule has 0 radical (unpaired) electrons. The van der Waals surface area contributed by atoms with Crippen LogP contribution in [0.1, 0.15) is 35.8 Å². The Balaban J connectivity index is 1.23. The Morgan fingerprint density at radius 1 is 1.12 bits per heavy atom. The summed E-state index contributed by atoms with van der Waals surface area (Å²) < 4.78 is 32.2. The van der Waals surface area contributed by atoms with Crippen LogP contribution in [0.3, 0.4) is 0 Å². The Kier molecular flexibility index (Phi) is 5.08. The van der Waals surface area contributed by atoms with Gasteiger partial charge in [0.25, 0.3) is 5.89 Å². The van der Waals surface area contributed by atoms with Crippen LogP contribution in [0.5, 0.6) is 0 Å². The predicted molar refractivity (Wildman–Crippen MR) is 117 cm³/mol. The maximum absolute atomic E-state index is 12.6. The number of aliphatic imine (C=N–C) groups is 1. The smallest absolute Gasteiger partial charge is 0.314 e. The van der Waals surface area contributed by atoms with Crippen molar-refractivity contribution in [1.29, 1.82) is 0 Å². The van der Waals surface area contributed by atoms with Crippen molar-refractivity contribution in [1.82, 2.24) is 24.7 Å². The summed E-state index contributed by atoms with van der Waals surface area (Å²) in [6.07, 6.45) is 4.39. The van der Waals surface area contributed by atoms with Crippen LogP contribution in [-0.4, -0.2) is 37.0 Å². The molecule has 0 amide bonds. The second kappa shape index (κ2) is 8.07. The number of aryl methyl sites for hydroxylation is 3. The minimum Gasteiger partial charge on any atom is -0.415 e. The van der Waals surface area contributed by atoms with E-state index < -0.39 is 12.3 Å². The first-order valence-corrected chi connectivity index (χ1v) is 10.2. The van der Waals surface area contributed by atoms with Crippen molar-refractivity contribution in [2.45, 2.75) is 32.2 Å². The molecular formula is C23H20F2N6O. The highest BCUT2D eigenvalue weighted by Gasteiger charge is 2.18. The van der Waals surface area contributed by atoms with Crippen molar-refractivity contribution in [2.24, 2.45) is 12.0 Å². The summed E-state index contributed by atoms with van der Waals surface area (Å²) >= 11 is 0. The molecule has 9 heteroatoms. The first-order valence-electron chi connectivity index (χ1n) is 10.2. The minimum absolute atomic E-state index is 0.0346. The molecule has 0 fully saturated rings. The van der Waals surface area contributed by atoms with Crippen molar-refractivity contribution in [3.8, 4) is 11.5 Å². The third kappa shape index (κ3) is 3.81. The topological polar surface area (TPSA) is 82.0 Å². The van der Waals surface area contributed by atoms with Gasteiger partial charge in [0.05, 0.1) is 22.6 Å². The quantitative estimate of drug-likeness (QED) is 0.438. The largest absolute Gasteiger partial charge is 0.415 e. The Labute approximate surface area is 182 Å². The molecule has 7 nitrogen and oxygen atoms in total. The highest BCUT2D eigenvalue weighted by atomic mass is 19.3. The fraction of sp³-hybridized carbons (Fsp3) is 0.261. The number of alkyl halides is 2. The maximum Gasteiger partial charge on any atom is 0.314 e. The molecule has 5 rings (SSSR count). The van der Waals surface area contributed by atoms with Gasteiger partial charge in [-0.25, -0.2) is 4.98 Å². The van der Waals surface area contributed by atoms with E-state index in [1.54, 1.807) is 12.3 Å². The molecule has 1 atom stereocenters. The number of rotatable bonds is 6. The molecule has 0 N–H and O–H groups in total. The average Bonchev–Trinajstić information content (AvgIpc) is 3.53. The number of pyridine rings is 1. The molecular weight excluding hydrogens is 414 g/mol. The third-order valence-electron chi connectivity index (χ3n) is 5.61. The highest BCUT2D eigenvalue weighted by Crippen LogP contribution is 2.26. The van der Waals surface area contributed by atoms with Crippen LogP contribution in [0.4, 0.5) is 8.78 Å². The zero-order valence-corrected chi connectivity index (χ0v) is 17.5. The fourth-order valence-corrected chi connectivity index (χ4v) is 3.73. The van der Waals surface area contributed by atoms with Gasteiger partial charge < -0.3 is 8.98 Å². The average molecular weight is 434 g/mol. The van der Waals surface area contributed by atoms with Crippen LogP contribution >= 0.6 is 0 Å². The molecule has 3 aromatic heterocycles. The molecule has 0 saturated heterocycles. The van der Waals surface area contributed by atoms with Crippen molar-refractivity contribution < 1.29 is 13.2 Å². The normalized spacial score (nSPS) is 15.8. The number of hydrogen-bond donors (Lipinski definition) is 0. The lowest BCUT2D eigenvalue weighted by Gasteiger charge is -2.05. The third-order valence-corrected chi connectivity index (χ3v) is 5.61. The number of benzene rings is 1. The van der Waals surface area contributed by atoms with E-state index in [-0.39, 0.29) is 11.9 Å². The Bertz CT molecular complexity index is 1340. The van der Waals surface area contributed by atoms with Gasteiger partial charge in [-0.15, -0.1) is 10.2 Å². The Morgan fingerprint density at radius 2 is 1.97 bits per heavy atom. The van der Waals surface area contributed by atoms with Crippen LogP contribution in [0.15, 0.2) is 52.0 Å². The second-order valence-electron chi connectivity index (χ2n) is 7.71. The zero-order valence-electron chi connectivity index (χ0n) is 17.5. The molecule has 0 bridgehead atoms. The van der Waals surface area contributed by atoms with Gasteiger partial charge in [0.1, 0.15) is 5.82 Å². The second-order valence-corrected chi connectivity index (χ2v) is 7.71. The van der Waals surface area contributed by atoms with Gasteiger partial charge in [-0.1, -0.05) is 12.1 Å². The van der Waals surface area contributed by atoms with E-state index in [2.05, 4.69) is 54.0 Å². The van der Waals surface area contributed by atoms with Gasteiger partial charge in [0.2, 0.25) is 5.89 Å². The molecule has 0 saturated carbocycles. The van der Waals surface area contributed by atoms with Gasteiger partial charge in [0.15, 0.2) is 0 Å². The number of imidazole rings is 1. The van der Waals surface area contributed by atoms with E-state index >= 15 is 0 Å². The summed E-state index contributed by atoms with van der Waals surface area (Å²) in [5, 5.41) is 6.97. The first kappa shape index (κ1) is 20.2. The number of fused-ring (bicyclic) bond motifs is 1. The molecule has 32 heavy (non-hydrogen) atoms. The maximum atomic E-state index is 12.6. The molecule has 0 aliphatic carbocycles. The van der Waals surface area contributed by atoms with Crippen LogP contribution in [0, 0.1) is 6.92 Å². The summed E-state index contributed by atoms with van der Waals surface area (Å²) in [5.74, 6) is 0.326. The first-order chi connectivity index (χ1) is 15.5. The van der Waals surface area contributed by atoms with Crippen LogP contribution < -0.4 is 0 Å². The number of nitrogens with zero attached hydrogens (tertiary/aromatic N) is 6. The van der Waals surface area contributed by atoms with Crippen molar-refractivity contribution in [3.63, 3.8) is 0 Å². The Morgan fingerprint density at radius 3 is 2.72 bits per heavy atom. The van der Waals surface area contributed by atoms with Gasteiger partial charge in [-0.3, -0.25) is 9.98 Å². The molecule has 4 heterocycles. The SMILES string of the molecule is Cc1nc2cc(C3=CC(CCc4ccc(-c5nnc(C(F)F)o5)cn4)N=C3)ccc2n1C. The molecule has 1 aliphatic heterocycles. The van der Waals surface area contributed by atoms with Gasteiger partial charge >= 0.3 is 6.43 Å². The molecule has 1 aliphatic rings. The van der Waals surface area contributed by atoms with Gasteiger partial charge in [0, 0.05) is 25.2 Å². The lowest BCUT2D eigenvalue weighted by atomic mass is 10.0. The summed E-state index contributed by atoms with van der Waals surface area (Å²) in [5.41, 5.74) is 5.67. The molecule has 0 spiro atoms. The number of allylic oxidation sites excluding steroid dienone is 1. The predicted octanol–water partition coefficient (Wildman–Crippen LogP) is 4.73. The fourth-order valence-electron chi connectivity index (χ4n) is 3.73. The highest BCUT2D eigenvalue weighted by molar-refractivity contribution is 6.12. The van der Waals surface area contributed by atoms with Gasteiger partial charge in [-0.2, -0.15) is 8.78 Å². The van der Waals surface area contributed by atoms with Gasteiger partial charge in [-0.05, 0) is 55.2 Å². The minimum atomic E-state index is -2.79. The van der Waals surface area contributed by atoms with E-state index in [0.29, 0.717) is 5.56 Å². The van der Waals surface area contributed by atoms with E-state index in [9.17, 15) is 8.78 Å². The number of halogens is 2. The standard InChI is InChI=1S/C23H20F2N6O/c1-13-28-19-10-14(4-8-20(19)31(13)2)16-9-18(27-12-16)7-6-17-5-3-15(11-26-17)22-29-30-23(32-22)21(24)25/h3-5,8-12,18,21H,6-7H2,1-2H3. The van der Waals surface area contributed by atoms with E-state index in [1.165, 1.54) is 0 Å². The molecule has 1 aromatic carbocycles. The van der Waals surface area contributed by atoms with Crippen molar-refractivity contribution in [2.75, 3.05) is 0 Å².